The lowest BCUT2D eigenvalue weighted by Gasteiger charge is -2.16. The number of aryl methyl sites for hydroxylation is 2. The van der Waals surface area contributed by atoms with E-state index in [9.17, 15) is 0 Å². The molecule has 1 aromatic carbocycles. The van der Waals surface area contributed by atoms with E-state index in [1.54, 1.807) is 0 Å². The summed E-state index contributed by atoms with van der Waals surface area (Å²) in [7, 11) is 0. The van der Waals surface area contributed by atoms with Gasteiger partial charge < -0.3 is 4.98 Å². The molecule has 0 saturated carbocycles. The molecule has 3 heterocycles. The molecule has 4 heteroatoms. The molecule has 0 saturated heterocycles. The molecular formula is C21H21N4+. The fourth-order valence-electron chi connectivity index (χ4n) is 3.37. The Morgan fingerprint density at radius 3 is 2.64 bits per heavy atom. The third-order valence-corrected chi connectivity index (χ3v) is 4.53. The highest BCUT2D eigenvalue weighted by molar-refractivity contribution is 5.86. The number of aromatic amines is 2. The van der Waals surface area contributed by atoms with Gasteiger partial charge in [0, 0.05) is 46.2 Å². The minimum Gasteiger partial charge on any atom is -0.358 e. The minimum atomic E-state index is 0.0252. The largest absolute Gasteiger partial charge is 0.358 e. The summed E-state index contributed by atoms with van der Waals surface area (Å²) in [6, 6.07) is 16.8. The number of nitrogens with zero attached hydrogens (tertiary/aromatic N) is 1. The highest BCUT2D eigenvalue weighted by Crippen LogP contribution is 2.33. The van der Waals surface area contributed by atoms with Crippen LogP contribution in [0, 0.1) is 13.8 Å². The molecule has 0 bridgehead atoms. The summed E-state index contributed by atoms with van der Waals surface area (Å²) in [5, 5.41) is 4.91. The van der Waals surface area contributed by atoms with Crippen molar-refractivity contribution in [3.63, 3.8) is 0 Å². The lowest BCUT2D eigenvalue weighted by molar-refractivity contribution is -0.361. The van der Waals surface area contributed by atoms with Gasteiger partial charge in [-0.05, 0) is 43.7 Å². The van der Waals surface area contributed by atoms with E-state index in [4.69, 9.17) is 0 Å². The van der Waals surface area contributed by atoms with E-state index < -0.39 is 0 Å². The summed E-state index contributed by atoms with van der Waals surface area (Å²) in [4.78, 5) is 11.0. The number of benzene rings is 1. The van der Waals surface area contributed by atoms with E-state index in [0.717, 1.165) is 11.3 Å². The standard InChI is InChI=1S/C21H20N4/c1-14-7-12-23-19(13-14)25-21(16-8-10-22-11-9-16)20-15(2)24-18-6-4-3-5-17(18)20/h3-13,21,24H,1-2H3,(H,23,25)/p+1/t21-/m1/s1. The first-order valence-electron chi connectivity index (χ1n) is 8.44. The average molecular weight is 329 g/mol. The molecule has 0 radical (unpaired) electrons. The van der Waals surface area contributed by atoms with Crippen LogP contribution >= 0.6 is 0 Å². The minimum absolute atomic E-state index is 0.0252. The molecule has 3 N–H and O–H groups in total. The van der Waals surface area contributed by atoms with E-state index in [-0.39, 0.29) is 6.04 Å². The van der Waals surface area contributed by atoms with Gasteiger partial charge >= 0.3 is 0 Å². The van der Waals surface area contributed by atoms with Crippen LogP contribution in [0.15, 0.2) is 67.1 Å². The van der Waals surface area contributed by atoms with Crippen LogP contribution in [0.3, 0.4) is 0 Å². The highest BCUT2D eigenvalue weighted by Gasteiger charge is 2.25. The Hall–Kier alpha value is -3.14. The summed E-state index contributed by atoms with van der Waals surface area (Å²) in [6.45, 7) is 4.22. The molecular weight excluding hydrogens is 308 g/mol. The average Bonchev–Trinajstić information content (AvgIpc) is 2.96. The second-order valence-electron chi connectivity index (χ2n) is 6.35. The van der Waals surface area contributed by atoms with Crippen molar-refractivity contribution in [3.8, 4) is 0 Å². The maximum atomic E-state index is 4.17. The van der Waals surface area contributed by atoms with Gasteiger partial charge in [-0.1, -0.05) is 18.2 Å². The van der Waals surface area contributed by atoms with Gasteiger partial charge in [0.15, 0.2) is 0 Å². The molecule has 0 unspecified atom stereocenters. The Kier molecular flexibility index (Phi) is 3.94. The highest BCUT2D eigenvalue weighted by atomic mass is 15.0. The predicted octanol–water partition coefficient (Wildman–Crippen LogP) is 4.20. The Morgan fingerprint density at radius 1 is 1.04 bits per heavy atom. The zero-order valence-corrected chi connectivity index (χ0v) is 14.4. The molecule has 0 fully saturated rings. The summed E-state index contributed by atoms with van der Waals surface area (Å²) in [5.41, 5.74) is 5.98. The molecule has 0 aliphatic rings. The monoisotopic (exact) mass is 329 g/mol. The van der Waals surface area contributed by atoms with Crippen LogP contribution in [0.4, 0.5) is 5.82 Å². The molecule has 4 nitrogen and oxygen atoms in total. The zero-order valence-electron chi connectivity index (χ0n) is 14.4. The maximum Gasteiger partial charge on any atom is 0.273 e. The number of hydrogen-bond donors (Lipinski definition) is 2. The number of para-hydroxylation sites is 1. The Morgan fingerprint density at radius 2 is 1.84 bits per heavy atom. The molecule has 0 spiro atoms. The Balaban J connectivity index is 1.87. The summed E-state index contributed by atoms with van der Waals surface area (Å²) < 4.78 is 0. The number of pyridine rings is 2. The van der Waals surface area contributed by atoms with Crippen LogP contribution < -0.4 is 10.3 Å². The predicted molar refractivity (Wildman–Crippen MR) is 100 cm³/mol. The Labute approximate surface area is 147 Å². The lowest BCUT2D eigenvalue weighted by Crippen LogP contribution is -2.19. The molecule has 1 atom stereocenters. The van der Waals surface area contributed by atoms with Crippen LogP contribution in [0.5, 0.6) is 0 Å². The van der Waals surface area contributed by atoms with Crippen LogP contribution in [-0.2, 0) is 0 Å². The molecule has 0 amide bonds. The lowest BCUT2D eigenvalue weighted by atomic mass is 9.96. The number of fused-ring (bicyclic) bond motifs is 1. The van der Waals surface area contributed by atoms with Gasteiger partial charge in [0.25, 0.3) is 5.82 Å². The third kappa shape index (κ3) is 2.98. The van der Waals surface area contributed by atoms with E-state index in [1.165, 1.54) is 27.8 Å². The van der Waals surface area contributed by atoms with Crippen LogP contribution in [0.25, 0.3) is 10.9 Å². The van der Waals surface area contributed by atoms with E-state index in [1.807, 2.05) is 18.6 Å². The van der Waals surface area contributed by atoms with Crippen molar-refractivity contribution in [3.05, 3.63) is 89.5 Å². The van der Waals surface area contributed by atoms with Crippen LogP contribution in [0.2, 0.25) is 0 Å². The molecule has 0 aliphatic carbocycles. The first-order chi connectivity index (χ1) is 12.2. The summed E-state index contributed by atoms with van der Waals surface area (Å²) in [6.07, 6.45) is 5.64. The van der Waals surface area contributed by atoms with Crippen molar-refractivity contribution in [2.45, 2.75) is 19.9 Å². The fourth-order valence-corrected chi connectivity index (χ4v) is 3.37. The number of hydrogen-bond acceptors (Lipinski definition) is 2. The summed E-state index contributed by atoms with van der Waals surface area (Å²) in [5.74, 6) is 0.992. The molecule has 0 aliphatic heterocycles. The van der Waals surface area contributed by atoms with E-state index in [0.29, 0.717) is 0 Å². The van der Waals surface area contributed by atoms with Crippen LogP contribution in [-0.4, -0.2) is 9.97 Å². The molecule has 3 aromatic heterocycles. The van der Waals surface area contributed by atoms with Crippen molar-refractivity contribution >= 4 is 16.7 Å². The molecule has 4 rings (SSSR count). The SMILES string of the molecule is Cc1cc[nH+]c(N[C@H](c2ccncc2)c2c(C)[nH]c3ccccc23)c1. The van der Waals surface area contributed by atoms with Gasteiger partial charge in [0.2, 0.25) is 0 Å². The van der Waals surface area contributed by atoms with E-state index >= 15 is 0 Å². The van der Waals surface area contributed by atoms with Crippen molar-refractivity contribution < 1.29 is 4.98 Å². The van der Waals surface area contributed by atoms with Crippen molar-refractivity contribution in [2.24, 2.45) is 0 Å². The quantitative estimate of drug-likeness (QED) is 0.590. The van der Waals surface area contributed by atoms with Gasteiger partial charge in [-0.25, -0.2) is 4.98 Å². The van der Waals surface area contributed by atoms with Gasteiger partial charge in [-0.15, -0.1) is 0 Å². The fraction of sp³-hybridized carbons (Fsp3) is 0.143. The second-order valence-corrected chi connectivity index (χ2v) is 6.35. The first-order valence-corrected chi connectivity index (χ1v) is 8.44. The van der Waals surface area contributed by atoms with Crippen LogP contribution in [0.1, 0.15) is 28.4 Å². The number of aromatic nitrogens is 3. The number of anilines is 1. The van der Waals surface area contributed by atoms with Crippen molar-refractivity contribution in [1.82, 2.24) is 9.97 Å². The van der Waals surface area contributed by atoms with Gasteiger partial charge in [-0.3, -0.25) is 10.3 Å². The number of rotatable bonds is 4. The Bertz CT molecular complexity index is 1000. The van der Waals surface area contributed by atoms with Gasteiger partial charge in [-0.2, -0.15) is 0 Å². The zero-order chi connectivity index (χ0) is 17.2. The second kappa shape index (κ2) is 6.40. The third-order valence-electron chi connectivity index (χ3n) is 4.53. The smallest absolute Gasteiger partial charge is 0.273 e. The molecule has 4 aromatic rings. The van der Waals surface area contributed by atoms with Gasteiger partial charge in [0.1, 0.15) is 6.04 Å². The normalized spacial score (nSPS) is 12.2. The van der Waals surface area contributed by atoms with Gasteiger partial charge in [0.05, 0.1) is 6.20 Å². The summed E-state index contributed by atoms with van der Waals surface area (Å²) >= 11 is 0. The number of nitrogens with one attached hydrogen (secondary N) is 3. The molecule has 124 valence electrons. The first kappa shape index (κ1) is 15.4. The maximum absolute atomic E-state index is 4.17. The van der Waals surface area contributed by atoms with Crippen molar-refractivity contribution in [1.29, 1.82) is 0 Å². The van der Waals surface area contributed by atoms with E-state index in [2.05, 4.69) is 82.6 Å². The van der Waals surface area contributed by atoms with Crippen molar-refractivity contribution in [2.75, 3.05) is 5.32 Å². The topological polar surface area (TPSA) is 54.9 Å². The molecule has 25 heavy (non-hydrogen) atoms. The number of H-pyrrole nitrogens is 2.